The summed E-state index contributed by atoms with van der Waals surface area (Å²) in [5.74, 6) is -7.55. The summed E-state index contributed by atoms with van der Waals surface area (Å²) in [5, 5.41) is 18.4. The van der Waals surface area contributed by atoms with Gasteiger partial charge in [0, 0.05) is 0 Å². The molecule has 1 aliphatic carbocycles. The molecule has 0 radical (unpaired) electrons. The predicted molar refractivity (Wildman–Crippen MR) is 80.9 cm³/mol. The summed E-state index contributed by atoms with van der Waals surface area (Å²) in [7, 11) is 0. The zero-order valence-corrected chi connectivity index (χ0v) is 13.6. The molecule has 24 heavy (non-hydrogen) atoms. The maximum atomic E-state index is 12.1. The van der Waals surface area contributed by atoms with Crippen LogP contribution in [0, 0.1) is 23.7 Å². The molecule has 0 aromatic heterocycles. The minimum absolute atomic E-state index is 0.0638. The molecule has 4 unspecified atom stereocenters. The van der Waals surface area contributed by atoms with Crippen molar-refractivity contribution >= 4 is 23.9 Å². The summed E-state index contributed by atoms with van der Waals surface area (Å²) in [4.78, 5) is 46.4. The average Bonchev–Trinajstić information content (AvgIpc) is 2.52. The summed E-state index contributed by atoms with van der Waals surface area (Å²) < 4.78 is 9.81. The van der Waals surface area contributed by atoms with E-state index in [0.717, 1.165) is 0 Å². The van der Waals surface area contributed by atoms with Crippen LogP contribution in [-0.2, 0) is 28.7 Å². The lowest BCUT2D eigenvalue weighted by atomic mass is 9.73. The number of hydrogen-bond donors (Lipinski definition) is 2. The number of ether oxygens (including phenoxy) is 2. The predicted octanol–water partition coefficient (Wildman–Crippen LogP) is 1.10. The first kappa shape index (κ1) is 19.7. The van der Waals surface area contributed by atoms with Crippen molar-refractivity contribution in [1.29, 1.82) is 0 Å². The van der Waals surface area contributed by atoms with Crippen LogP contribution in [0.2, 0.25) is 0 Å². The summed E-state index contributed by atoms with van der Waals surface area (Å²) in [6.07, 6.45) is 2.45. The van der Waals surface area contributed by atoms with Crippen molar-refractivity contribution in [2.24, 2.45) is 23.7 Å². The van der Waals surface area contributed by atoms with E-state index in [4.69, 9.17) is 14.6 Å². The van der Waals surface area contributed by atoms with E-state index in [2.05, 4.69) is 0 Å². The van der Waals surface area contributed by atoms with Crippen molar-refractivity contribution in [2.75, 3.05) is 13.2 Å². The van der Waals surface area contributed by atoms with E-state index in [1.54, 1.807) is 13.8 Å². The maximum Gasteiger partial charge on any atom is 0.311 e. The fraction of sp³-hybridized carbons (Fsp3) is 0.625. The number of allylic oxidation sites excluding steroid dienone is 1. The molecular formula is C16H22O8. The Morgan fingerprint density at radius 2 is 1.67 bits per heavy atom. The first-order valence-corrected chi connectivity index (χ1v) is 7.77. The molecule has 0 saturated heterocycles. The topological polar surface area (TPSA) is 127 Å². The minimum Gasteiger partial charge on any atom is -0.481 e. The van der Waals surface area contributed by atoms with Gasteiger partial charge in [0.1, 0.15) is 0 Å². The van der Waals surface area contributed by atoms with Crippen LogP contribution in [0.15, 0.2) is 12.2 Å². The van der Waals surface area contributed by atoms with Gasteiger partial charge in [0.05, 0.1) is 37.4 Å². The molecule has 0 fully saturated rings. The van der Waals surface area contributed by atoms with Crippen molar-refractivity contribution in [2.45, 2.75) is 26.7 Å². The number of esters is 2. The molecule has 0 heterocycles. The molecule has 0 bridgehead atoms. The van der Waals surface area contributed by atoms with Crippen molar-refractivity contribution in [3.8, 4) is 0 Å². The van der Waals surface area contributed by atoms with Gasteiger partial charge in [-0.1, -0.05) is 12.2 Å². The largest absolute Gasteiger partial charge is 0.481 e. The third kappa shape index (κ3) is 5.07. The van der Waals surface area contributed by atoms with Crippen LogP contribution < -0.4 is 0 Å². The third-order valence-corrected chi connectivity index (χ3v) is 3.93. The van der Waals surface area contributed by atoms with Gasteiger partial charge in [0.2, 0.25) is 0 Å². The van der Waals surface area contributed by atoms with E-state index in [1.165, 1.54) is 12.2 Å². The van der Waals surface area contributed by atoms with Crippen LogP contribution in [0.4, 0.5) is 0 Å². The quantitative estimate of drug-likeness (QED) is 0.496. The van der Waals surface area contributed by atoms with Crippen LogP contribution in [0.5, 0.6) is 0 Å². The Morgan fingerprint density at radius 3 is 2.17 bits per heavy atom. The Kier molecular flexibility index (Phi) is 7.41. The van der Waals surface area contributed by atoms with Gasteiger partial charge in [0.15, 0.2) is 0 Å². The number of aliphatic carboxylic acids is 2. The molecule has 0 spiro atoms. The van der Waals surface area contributed by atoms with E-state index in [0.29, 0.717) is 0 Å². The van der Waals surface area contributed by atoms with E-state index in [1.807, 2.05) is 0 Å². The zero-order valence-electron chi connectivity index (χ0n) is 13.6. The molecule has 1 rings (SSSR count). The van der Waals surface area contributed by atoms with Crippen molar-refractivity contribution < 1.29 is 38.9 Å². The highest BCUT2D eigenvalue weighted by Crippen LogP contribution is 2.35. The molecule has 4 atom stereocenters. The van der Waals surface area contributed by atoms with Gasteiger partial charge < -0.3 is 19.7 Å². The monoisotopic (exact) mass is 342 g/mol. The first-order valence-electron chi connectivity index (χ1n) is 7.77. The Balaban J connectivity index is 3.02. The Morgan fingerprint density at radius 1 is 1.04 bits per heavy atom. The molecule has 0 amide bonds. The summed E-state index contributed by atoms with van der Waals surface area (Å²) in [5.41, 5.74) is 0. The molecule has 0 aromatic carbocycles. The number of rotatable bonds is 8. The summed E-state index contributed by atoms with van der Waals surface area (Å²) >= 11 is 0. The summed E-state index contributed by atoms with van der Waals surface area (Å²) in [6.45, 7) is 3.54. The molecule has 0 saturated carbocycles. The highest BCUT2D eigenvalue weighted by atomic mass is 16.5. The third-order valence-electron chi connectivity index (χ3n) is 3.93. The van der Waals surface area contributed by atoms with E-state index in [9.17, 15) is 24.3 Å². The molecular weight excluding hydrogens is 320 g/mol. The van der Waals surface area contributed by atoms with Gasteiger partial charge in [-0.15, -0.1) is 0 Å². The molecule has 8 heteroatoms. The van der Waals surface area contributed by atoms with Gasteiger partial charge in [0.25, 0.3) is 0 Å². The minimum atomic E-state index is -1.25. The van der Waals surface area contributed by atoms with Gasteiger partial charge >= 0.3 is 23.9 Å². The lowest BCUT2D eigenvalue weighted by Gasteiger charge is -2.30. The van der Waals surface area contributed by atoms with Gasteiger partial charge in [-0.3, -0.25) is 19.2 Å². The van der Waals surface area contributed by atoms with Crippen molar-refractivity contribution in [3.63, 3.8) is 0 Å². The van der Waals surface area contributed by atoms with E-state index < -0.39 is 47.5 Å². The zero-order chi connectivity index (χ0) is 18.3. The maximum absolute atomic E-state index is 12.1. The second-order valence-electron chi connectivity index (χ2n) is 5.46. The number of hydrogen-bond acceptors (Lipinski definition) is 6. The molecule has 0 aromatic rings. The van der Waals surface area contributed by atoms with E-state index >= 15 is 0 Å². The fourth-order valence-corrected chi connectivity index (χ4v) is 2.78. The van der Waals surface area contributed by atoms with Gasteiger partial charge in [-0.25, -0.2) is 0 Å². The molecule has 1 aliphatic rings. The van der Waals surface area contributed by atoms with Crippen LogP contribution in [0.1, 0.15) is 26.7 Å². The standard InChI is InChI=1S/C16H22O8/c1-3-23-13(17)8-11(16(22)24-4-2)9-5-6-10(14(18)19)12(7-9)15(20)21/h5-6,9-12H,3-4,7-8H2,1-2H3,(H,18,19)(H,20,21). The first-order chi connectivity index (χ1) is 11.3. The SMILES string of the molecule is CCOC(=O)CC(C(=O)OCC)C1C=CC(C(=O)O)C(C(=O)O)C1. The number of carboxylic acids is 2. The second-order valence-corrected chi connectivity index (χ2v) is 5.46. The van der Waals surface area contributed by atoms with Crippen LogP contribution in [-0.4, -0.2) is 47.3 Å². The molecule has 2 N–H and O–H groups in total. The second kappa shape index (κ2) is 9.05. The van der Waals surface area contributed by atoms with Crippen LogP contribution in [0.25, 0.3) is 0 Å². The summed E-state index contributed by atoms with van der Waals surface area (Å²) in [6, 6.07) is 0. The lowest BCUT2D eigenvalue weighted by molar-refractivity contribution is -0.158. The highest BCUT2D eigenvalue weighted by molar-refractivity contribution is 5.83. The Bertz CT molecular complexity index is 524. The molecule has 0 aliphatic heterocycles. The number of carbonyl (C=O) groups is 4. The van der Waals surface area contributed by atoms with Crippen LogP contribution >= 0.6 is 0 Å². The highest BCUT2D eigenvalue weighted by Gasteiger charge is 2.41. The lowest BCUT2D eigenvalue weighted by Crippen LogP contribution is -2.37. The normalized spacial score (nSPS) is 24.0. The average molecular weight is 342 g/mol. The van der Waals surface area contributed by atoms with Crippen LogP contribution in [0.3, 0.4) is 0 Å². The van der Waals surface area contributed by atoms with Crippen molar-refractivity contribution in [3.05, 3.63) is 12.2 Å². The number of carbonyl (C=O) groups excluding carboxylic acids is 2. The van der Waals surface area contributed by atoms with Gasteiger partial charge in [-0.05, 0) is 26.2 Å². The van der Waals surface area contributed by atoms with Crippen molar-refractivity contribution in [1.82, 2.24) is 0 Å². The molecule has 134 valence electrons. The van der Waals surface area contributed by atoms with Gasteiger partial charge in [-0.2, -0.15) is 0 Å². The Labute approximate surface area is 139 Å². The van der Waals surface area contributed by atoms with E-state index in [-0.39, 0.29) is 26.1 Å². The Hall–Kier alpha value is -2.38. The smallest absolute Gasteiger partial charge is 0.311 e. The fourth-order valence-electron chi connectivity index (χ4n) is 2.78. The number of carboxylic acid groups (broad SMARTS) is 2. The molecule has 8 nitrogen and oxygen atoms in total.